The summed E-state index contributed by atoms with van der Waals surface area (Å²) in [5.41, 5.74) is 5.32. The lowest BCUT2D eigenvalue weighted by Gasteiger charge is -2.28. The average molecular weight is 305 g/mol. The van der Waals surface area contributed by atoms with E-state index in [1.165, 1.54) is 18.2 Å². The Hall–Kier alpha value is -0.820. The average Bonchev–Trinajstić information content (AvgIpc) is 2.61. The number of nitrogens with one attached hydrogen (secondary N) is 1. The Kier molecular flexibility index (Phi) is 3.79. The van der Waals surface area contributed by atoms with E-state index in [-0.39, 0.29) is 16.0 Å². The first-order valence-electron chi connectivity index (χ1n) is 5.95. The Morgan fingerprint density at radius 3 is 2.74 bits per heavy atom. The molecular formula is C12H17ClN2O3S. The van der Waals surface area contributed by atoms with Gasteiger partial charge in [-0.3, -0.25) is 0 Å². The van der Waals surface area contributed by atoms with Crippen molar-refractivity contribution >= 4 is 27.3 Å². The van der Waals surface area contributed by atoms with Crippen LogP contribution in [0.1, 0.15) is 20.3 Å². The number of benzene rings is 1. The summed E-state index contributed by atoms with van der Waals surface area (Å²) < 4.78 is 32.8. The second-order valence-corrected chi connectivity index (χ2v) is 7.06. The molecular weight excluding hydrogens is 288 g/mol. The van der Waals surface area contributed by atoms with E-state index >= 15 is 0 Å². The van der Waals surface area contributed by atoms with Gasteiger partial charge in [0.15, 0.2) is 0 Å². The zero-order valence-electron chi connectivity index (χ0n) is 10.8. The van der Waals surface area contributed by atoms with E-state index in [1.807, 2.05) is 13.8 Å². The Labute approximate surface area is 118 Å². The molecule has 1 saturated heterocycles. The van der Waals surface area contributed by atoms with Crippen LogP contribution in [0, 0.1) is 0 Å². The van der Waals surface area contributed by atoms with Crippen LogP contribution >= 0.6 is 11.6 Å². The van der Waals surface area contributed by atoms with E-state index in [4.69, 9.17) is 22.1 Å². The van der Waals surface area contributed by atoms with Crippen molar-refractivity contribution in [1.29, 1.82) is 0 Å². The molecule has 0 amide bonds. The highest BCUT2D eigenvalue weighted by molar-refractivity contribution is 7.89. The maximum Gasteiger partial charge on any atom is 0.241 e. The van der Waals surface area contributed by atoms with Gasteiger partial charge < -0.3 is 10.5 Å². The number of anilines is 1. The van der Waals surface area contributed by atoms with Crippen LogP contribution < -0.4 is 10.5 Å². The van der Waals surface area contributed by atoms with Gasteiger partial charge in [-0.05, 0) is 38.5 Å². The topological polar surface area (TPSA) is 81.4 Å². The molecule has 7 heteroatoms. The molecule has 5 nitrogen and oxygen atoms in total. The van der Waals surface area contributed by atoms with Gasteiger partial charge in [0, 0.05) is 6.61 Å². The molecule has 0 aromatic heterocycles. The van der Waals surface area contributed by atoms with Crippen LogP contribution in [0.5, 0.6) is 0 Å². The van der Waals surface area contributed by atoms with Gasteiger partial charge in [0.25, 0.3) is 0 Å². The summed E-state index contributed by atoms with van der Waals surface area (Å²) in [6.45, 7) is 4.23. The minimum absolute atomic E-state index is 0.104. The Balaban J connectivity index is 2.30. The molecule has 19 heavy (non-hydrogen) atoms. The highest BCUT2D eigenvalue weighted by Crippen LogP contribution is 2.28. The normalized spacial score (nSPS) is 27.6. The molecule has 1 heterocycles. The zero-order chi connectivity index (χ0) is 14.3. The molecule has 0 spiro atoms. The van der Waals surface area contributed by atoms with E-state index < -0.39 is 15.6 Å². The highest BCUT2D eigenvalue weighted by atomic mass is 35.5. The van der Waals surface area contributed by atoms with Gasteiger partial charge in [-0.25, -0.2) is 13.1 Å². The molecule has 1 aliphatic heterocycles. The van der Waals surface area contributed by atoms with Gasteiger partial charge in [-0.2, -0.15) is 0 Å². The van der Waals surface area contributed by atoms with Crippen LogP contribution in [0.15, 0.2) is 23.1 Å². The van der Waals surface area contributed by atoms with E-state index in [1.54, 1.807) is 0 Å². The van der Waals surface area contributed by atoms with Crippen molar-refractivity contribution in [2.75, 3.05) is 12.3 Å². The van der Waals surface area contributed by atoms with Gasteiger partial charge in [0.05, 0.1) is 27.2 Å². The minimum atomic E-state index is -3.64. The van der Waals surface area contributed by atoms with Crippen LogP contribution in [-0.4, -0.2) is 26.7 Å². The van der Waals surface area contributed by atoms with Crippen LogP contribution in [-0.2, 0) is 14.8 Å². The van der Waals surface area contributed by atoms with Crippen LogP contribution in [0.3, 0.4) is 0 Å². The van der Waals surface area contributed by atoms with Gasteiger partial charge in [-0.15, -0.1) is 0 Å². The number of ether oxygens (including phenoxy) is 1. The monoisotopic (exact) mass is 304 g/mol. The highest BCUT2D eigenvalue weighted by Gasteiger charge is 2.40. The van der Waals surface area contributed by atoms with Crippen molar-refractivity contribution in [2.24, 2.45) is 0 Å². The van der Waals surface area contributed by atoms with Crippen LogP contribution in [0.25, 0.3) is 0 Å². The van der Waals surface area contributed by atoms with Gasteiger partial charge in [0.2, 0.25) is 10.0 Å². The molecule has 2 unspecified atom stereocenters. The number of nitrogen functional groups attached to an aromatic ring is 1. The molecule has 0 radical (unpaired) electrons. The summed E-state index contributed by atoms with van der Waals surface area (Å²) in [6.07, 6.45) is 0.461. The number of rotatable bonds is 3. The fourth-order valence-corrected chi connectivity index (χ4v) is 3.78. The number of hydrogen-bond acceptors (Lipinski definition) is 4. The predicted octanol–water partition coefficient (Wildman–Crippen LogP) is 1.77. The molecule has 2 rings (SSSR count). The minimum Gasteiger partial charge on any atom is -0.398 e. The SMILES string of the molecule is CC1OCCC1(C)NS(=O)(=O)c1ccc(N)c(Cl)c1. The zero-order valence-corrected chi connectivity index (χ0v) is 12.4. The standard InChI is InChI=1S/C12H17ClN2O3S/c1-8-12(2,5-6-18-8)15-19(16,17)9-3-4-11(14)10(13)7-9/h3-4,7-8,15H,5-6,14H2,1-2H3. The van der Waals surface area contributed by atoms with E-state index in [2.05, 4.69) is 4.72 Å². The van der Waals surface area contributed by atoms with Crippen molar-refractivity contribution in [3.05, 3.63) is 23.2 Å². The van der Waals surface area contributed by atoms with Crippen molar-refractivity contribution in [1.82, 2.24) is 4.72 Å². The second-order valence-electron chi connectivity index (χ2n) is 4.97. The lowest BCUT2D eigenvalue weighted by atomic mass is 9.97. The number of sulfonamides is 1. The third-order valence-corrected chi connectivity index (χ3v) is 5.47. The molecule has 1 aromatic rings. The van der Waals surface area contributed by atoms with Crippen molar-refractivity contribution < 1.29 is 13.2 Å². The quantitative estimate of drug-likeness (QED) is 0.834. The van der Waals surface area contributed by atoms with Crippen LogP contribution in [0.2, 0.25) is 5.02 Å². The summed E-state index contributed by atoms with van der Waals surface area (Å²) in [7, 11) is -3.64. The molecule has 0 aliphatic carbocycles. The molecule has 3 N–H and O–H groups in total. The summed E-state index contributed by atoms with van der Waals surface area (Å²) in [6, 6.07) is 4.27. The van der Waals surface area contributed by atoms with E-state index in [0.29, 0.717) is 18.7 Å². The predicted molar refractivity (Wildman–Crippen MR) is 74.6 cm³/mol. The summed E-state index contributed by atoms with van der Waals surface area (Å²) in [5.74, 6) is 0. The van der Waals surface area contributed by atoms with Crippen molar-refractivity contribution in [2.45, 2.75) is 36.8 Å². The molecule has 0 saturated carbocycles. The molecule has 0 bridgehead atoms. The molecule has 1 fully saturated rings. The molecule has 1 aliphatic rings. The summed E-state index contributed by atoms with van der Waals surface area (Å²) in [4.78, 5) is 0.104. The smallest absolute Gasteiger partial charge is 0.241 e. The number of nitrogens with two attached hydrogens (primary N) is 1. The maximum absolute atomic E-state index is 12.3. The Bertz CT molecular complexity index is 591. The van der Waals surface area contributed by atoms with Gasteiger partial charge in [-0.1, -0.05) is 11.6 Å². The summed E-state index contributed by atoms with van der Waals surface area (Å²) >= 11 is 5.86. The fourth-order valence-electron chi connectivity index (χ4n) is 2.01. The summed E-state index contributed by atoms with van der Waals surface area (Å²) in [5, 5.41) is 0.226. The second kappa shape index (κ2) is 4.94. The van der Waals surface area contributed by atoms with Crippen LogP contribution in [0.4, 0.5) is 5.69 Å². The van der Waals surface area contributed by atoms with E-state index in [9.17, 15) is 8.42 Å². The largest absolute Gasteiger partial charge is 0.398 e. The number of hydrogen-bond donors (Lipinski definition) is 2. The van der Waals surface area contributed by atoms with E-state index in [0.717, 1.165) is 0 Å². The lowest BCUT2D eigenvalue weighted by molar-refractivity contribution is 0.0957. The third kappa shape index (κ3) is 2.86. The lowest BCUT2D eigenvalue weighted by Crippen LogP contribution is -2.50. The Morgan fingerprint density at radius 1 is 1.53 bits per heavy atom. The first kappa shape index (κ1) is 14.6. The fraction of sp³-hybridized carbons (Fsp3) is 0.500. The van der Waals surface area contributed by atoms with Crippen molar-refractivity contribution in [3.8, 4) is 0 Å². The first-order chi connectivity index (χ1) is 8.74. The van der Waals surface area contributed by atoms with Gasteiger partial charge >= 0.3 is 0 Å². The number of halogens is 1. The van der Waals surface area contributed by atoms with Crippen molar-refractivity contribution in [3.63, 3.8) is 0 Å². The molecule has 1 aromatic carbocycles. The van der Waals surface area contributed by atoms with Gasteiger partial charge in [0.1, 0.15) is 0 Å². The third-order valence-electron chi connectivity index (χ3n) is 3.54. The maximum atomic E-state index is 12.3. The Morgan fingerprint density at radius 2 is 2.21 bits per heavy atom. The molecule has 106 valence electrons. The first-order valence-corrected chi connectivity index (χ1v) is 7.81. The molecule has 2 atom stereocenters.